The van der Waals surface area contributed by atoms with E-state index in [1.54, 1.807) is 18.2 Å². The number of benzene rings is 2. The Bertz CT molecular complexity index is 1010. The Kier molecular flexibility index (Phi) is 5.85. The van der Waals surface area contributed by atoms with Gasteiger partial charge in [-0.2, -0.15) is 8.78 Å². The van der Waals surface area contributed by atoms with Crippen LogP contribution in [-0.2, 0) is 10.2 Å². The summed E-state index contributed by atoms with van der Waals surface area (Å²) in [5, 5.41) is 2.90. The lowest BCUT2D eigenvalue weighted by Crippen LogP contribution is -2.48. The highest BCUT2D eigenvalue weighted by Crippen LogP contribution is 2.60. The number of hydrogen-bond donors (Lipinski definition) is 1. The van der Waals surface area contributed by atoms with Crippen molar-refractivity contribution in [2.24, 2.45) is 17.8 Å². The predicted molar refractivity (Wildman–Crippen MR) is 124 cm³/mol. The first-order valence-corrected chi connectivity index (χ1v) is 11.6. The molecule has 0 heterocycles. The van der Waals surface area contributed by atoms with Crippen molar-refractivity contribution in [2.45, 2.75) is 50.6 Å². The van der Waals surface area contributed by atoms with Gasteiger partial charge in [-0.3, -0.25) is 4.79 Å². The SMILES string of the molecule is COc1cc(C=CC(=O)Nc2ccc(C34CC5CC(CC(C5)C3)C4)cc2)ccc1OC(F)F. The van der Waals surface area contributed by atoms with Gasteiger partial charge in [0.25, 0.3) is 0 Å². The fourth-order valence-electron chi connectivity index (χ4n) is 6.71. The molecule has 4 saturated carbocycles. The molecule has 4 aliphatic rings. The number of ether oxygens (including phenoxy) is 2. The van der Waals surface area contributed by atoms with Crippen molar-refractivity contribution >= 4 is 17.7 Å². The second-order valence-corrected chi connectivity index (χ2v) is 9.89. The van der Waals surface area contributed by atoms with Gasteiger partial charge in [-0.05, 0) is 103 Å². The molecule has 174 valence electrons. The zero-order chi connectivity index (χ0) is 23.0. The Morgan fingerprint density at radius 2 is 1.64 bits per heavy atom. The van der Waals surface area contributed by atoms with Gasteiger partial charge in [0.05, 0.1) is 7.11 Å². The van der Waals surface area contributed by atoms with Gasteiger partial charge >= 0.3 is 6.61 Å². The molecule has 0 aromatic heterocycles. The summed E-state index contributed by atoms with van der Waals surface area (Å²) in [7, 11) is 1.38. The third-order valence-electron chi connectivity index (χ3n) is 7.63. The van der Waals surface area contributed by atoms with Gasteiger partial charge < -0.3 is 14.8 Å². The maximum absolute atomic E-state index is 12.5. The van der Waals surface area contributed by atoms with E-state index in [0.29, 0.717) is 11.0 Å². The van der Waals surface area contributed by atoms with Crippen molar-refractivity contribution in [1.29, 1.82) is 0 Å². The second kappa shape index (κ2) is 8.81. The monoisotopic (exact) mass is 453 g/mol. The molecule has 0 saturated heterocycles. The van der Waals surface area contributed by atoms with Crippen molar-refractivity contribution in [3.8, 4) is 11.5 Å². The number of rotatable bonds is 7. The fourth-order valence-corrected chi connectivity index (χ4v) is 6.71. The highest BCUT2D eigenvalue weighted by Gasteiger charge is 2.51. The molecule has 0 aliphatic heterocycles. The molecular formula is C27H29F2NO3. The number of anilines is 1. The average Bonchev–Trinajstić information content (AvgIpc) is 2.77. The van der Waals surface area contributed by atoms with Crippen LogP contribution < -0.4 is 14.8 Å². The summed E-state index contributed by atoms with van der Waals surface area (Å²) in [6.07, 6.45) is 11.2. The van der Waals surface area contributed by atoms with Crippen LogP contribution in [0, 0.1) is 17.8 Å². The summed E-state index contributed by atoms with van der Waals surface area (Å²) >= 11 is 0. The van der Waals surface area contributed by atoms with Crippen molar-refractivity contribution in [3.63, 3.8) is 0 Å². The van der Waals surface area contributed by atoms with Crippen molar-refractivity contribution in [2.75, 3.05) is 12.4 Å². The smallest absolute Gasteiger partial charge is 0.387 e. The first-order chi connectivity index (χ1) is 15.9. The zero-order valence-corrected chi connectivity index (χ0v) is 18.7. The van der Waals surface area contributed by atoms with Crippen molar-refractivity contribution in [3.05, 3.63) is 59.7 Å². The lowest BCUT2D eigenvalue weighted by Gasteiger charge is -2.57. The number of hydrogen-bond acceptors (Lipinski definition) is 3. The number of methoxy groups -OCH3 is 1. The molecule has 4 fully saturated rings. The molecule has 2 aromatic rings. The Morgan fingerprint density at radius 3 is 2.21 bits per heavy atom. The van der Waals surface area contributed by atoms with Crippen LogP contribution in [0.2, 0.25) is 0 Å². The van der Waals surface area contributed by atoms with Crippen LogP contribution in [0.5, 0.6) is 11.5 Å². The topological polar surface area (TPSA) is 47.6 Å². The molecule has 33 heavy (non-hydrogen) atoms. The number of carbonyl (C=O) groups is 1. The molecule has 1 N–H and O–H groups in total. The summed E-state index contributed by atoms with van der Waals surface area (Å²) in [5.41, 5.74) is 3.17. The van der Waals surface area contributed by atoms with Gasteiger partial charge in [0.1, 0.15) is 0 Å². The van der Waals surface area contributed by atoms with E-state index in [-0.39, 0.29) is 17.4 Å². The van der Waals surface area contributed by atoms with Gasteiger partial charge in [-0.25, -0.2) is 0 Å². The normalized spacial score (nSPS) is 27.8. The summed E-state index contributed by atoms with van der Waals surface area (Å²) in [4.78, 5) is 12.4. The van der Waals surface area contributed by atoms with E-state index in [4.69, 9.17) is 4.74 Å². The van der Waals surface area contributed by atoms with E-state index in [0.717, 1.165) is 23.4 Å². The van der Waals surface area contributed by atoms with E-state index in [1.165, 1.54) is 63.3 Å². The molecule has 2 aromatic carbocycles. The predicted octanol–water partition coefficient (Wildman–Crippen LogP) is 6.42. The number of nitrogens with one attached hydrogen (secondary N) is 1. The minimum atomic E-state index is -2.93. The summed E-state index contributed by atoms with van der Waals surface area (Å²) < 4.78 is 34.4. The van der Waals surface area contributed by atoms with Crippen molar-refractivity contribution < 1.29 is 23.0 Å². The Morgan fingerprint density at radius 1 is 1.00 bits per heavy atom. The quantitative estimate of drug-likeness (QED) is 0.493. The molecule has 0 atom stereocenters. The lowest BCUT2D eigenvalue weighted by atomic mass is 9.48. The number of alkyl halides is 2. The van der Waals surface area contributed by atoms with Crippen LogP contribution in [0.15, 0.2) is 48.5 Å². The van der Waals surface area contributed by atoms with Gasteiger partial charge in [0.2, 0.25) is 5.91 Å². The number of carbonyl (C=O) groups excluding carboxylic acids is 1. The zero-order valence-electron chi connectivity index (χ0n) is 18.7. The Hall–Kier alpha value is -2.89. The summed E-state index contributed by atoms with van der Waals surface area (Å²) in [6.45, 7) is -2.93. The summed E-state index contributed by atoms with van der Waals surface area (Å²) in [5.74, 6) is 2.57. The molecule has 0 spiro atoms. The standard InChI is InChI=1S/C27H29F2NO3/c1-32-24-13-17(2-8-23(24)33-26(28)29)3-9-25(31)30-22-6-4-21(5-7-22)27-14-18-10-19(15-27)12-20(11-18)16-27/h2-9,13,18-20,26H,10-12,14-16H2,1H3,(H,30,31). The number of halogens is 2. The van der Waals surface area contributed by atoms with Crippen LogP contribution in [0.3, 0.4) is 0 Å². The van der Waals surface area contributed by atoms with E-state index in [2.05, 4.69) is 22.2 Å². The van der Waals surface area contributed by atoms with Crippen molar-refractivity contribution in [1.82, 2.24) is 0 Å². The van der Waals surface area contributed by atoms with Gasteiger partial charge in [0, 0.05) is 11.8 Å². The third-order valence-corrected chi connectivity index (χ3v) is 7.63. The van der Waals surface area contributed by atoms with Crippen LogP contribution in [0.4, 0.5) is 14.5 Å². The molecule has 4 bridgehead atoms. The van der Waals surface area contributed by atoms with E-state index >= 15 is 0 Å². The second-order valence-electron chi connectivity index (χ2n) is 9.89. The van der Waals surface area contributed by atoms with E-state index in [9.17, 15) is 13.6 Å². The molecule has 4 nitrogen and oxygen atoms in total. The molecule has 0 radical (unpaired) electrons. The molecule has 6 heteroatoms. The highest BCUT2D eigenvalue weighted by molar-refractivity contribution is 6.01. The van der Waals surface area contributed by atoms with Crippen LogP contribution >= 0.6 is 0 Å². The molecule has 0 unspecified atom stereocenters. The van der Waals surface area contributed by atoms with Gasteiger partial charge in [-0.1, -0.05) is 18.2 Å². The Balaban J connectivity index is 1.22. The third kappa shape index (κ3) is 4.61. The first-order valence-electron chi connectivity index (χ1n) is 11.6. The molecular weight excluding hydrogens is 424 g/mol. The Labute approximate surface area is 193 Å². The minimum Gasteiger partial charge on any atom is -0.493 e. The number of amides is 1. The van der Waals surface area contributed by atoms with Crippen LogP contribution in [-0.4, -0.2) is 19.6 Å². The lowest BCUT2D eigenvalue weighted by molar-refractivity contribution is -0.111. The summed E-state index contributed by atoms with van der Waals surface area (Å²) in [6, 6.07) is 12.9. The van der Waals surface area contributed by atoms with Crippen LogP contribution in [0.25, 0.3) is 6.08 Å². The molecule has 4 aliphatic carbocycles. The average molecular weight is 454 g/mol. The first kappa shape index (κ1) is 21.9. The van der Waals surface area contributed by atoms with Crippen LogP contribution in [0.1, 0.15) is 49.7 Å². The van der Waals surface area contributed by atoms with E-state index < -0.39 is 6.61 Å². The molecule has 6 rings (SSSR count). The molecule has 1 amide bonds. The van der Waals surface area contributed by atoms with Gasteiger partial charge in [0.15, 0.2) is 11.5 Å². The fraction of sp³-hybridized carbons (Fsp3) is 0.444. The highest BCUT2D eigenvalue weighted by atomic mass is 19.3. The maximum Gasteiger partial charge on any atom is 0.387 e. The maximum atomic E-state index is 12.5. The van der Waals surface area contributed by atoms with Gasteiger partial charge in [-0.15, -0.1) is 0 Å². The largest absolute Gasteiger partial charge is 0.493 e. The minimum absolute atomic E-state index is 0.0479. The van der Waals surface area contributed by atoms with E-state index in [1.807, 2.05) is 12.1 Å².